The van der Waals surface area contributed by atoms with E-state index in [2.05, 4.69) is 11.1 Å². The molecule has 4 rings (SSSR count). The van der Waals surface area contributed by atoms with Crippen LogP contribution >= 0.6 is 23.7 Å². The SMILES string of the molecule is Cl.N#Cc1ccccc1Cn1c(N2CCCC(N)C2)nc2cc(C(=O)O)sc2c1=O. The predicted octanol–water partition coefficient (Wildman–Crippen LogP) is 2.43. The van der Waals surface area contributed by atoms with E-state index in [4.69, 9.17) is 5.73 Å². The Kier molecular flexibility index (Phi) is 6.41. The van der Waals surface area contributed by atoms with Gasteiger partial charge < -0.3 is 15.7 Å². The van der Waals surface area contributed by atoms with Gasteiger partial charge in [-0.2, -0.15) is 5.26 Å². The van der Waals surface area contributed by atoms with Crippen molar-refractivity contribution in [3.63, 3.8) is 0 Å². The molecule has 3 aromatic rings. The second kappa shape index (κ2) is 8.83. The van der Waals surface area contributed by atoms with Crippen LogP contribution in [-0.4, -0.2) is 39.8 Å². The van der Waals surface area contributed by atoms with Crippen molar-refractivity contribution in [1.82, 2.24) is 9.55 Å². The smallest absolute Gasteiger partial charge is 0.345 e. The molecule has 0 amide bonds. The fourth-order valence-electron chi connectivity index (χ4n) is 3.62. The summed E-state index contributed by atoms with van der Waals surface area (Å²) in [5, 5.41) is 18.7. The van der Waals surface area contributed by atoms with Crippen molar-refractivity contribution in [2.24, 2.45) is 5.73 Å². The van der Waals surface area contributed by atoms with Crippen LogP contribution in [0.15, 0.2) is 35.1 Å². The average Bonchev–Trinajstić information content (AvgIpc) is 3.15. The van der Waals surface area contributed by atoms with Gasteiger partial charge in [0.05, 0.1) is 23.7 Å². The minimum atomic E-state index is -1.09. The summed E-state index contributed by atoms with van der Waals surface area (Å²) in [7, 11) is 0. The number of nitrogens with two attached hydrogens (primary N) is 1. The number of aromatic carboxylic acids is 1. The molecule has 156 valence electrons. The van der Waals surface area contributed by atoms with Gasteiger partial charge in [-0.25, -0.2) is 9.78 Å². The molecule has 10 heteroatoms. The lowest BCUT2D eigenvalue weighted by molar-refractivity contribution is 0.0702. The van der Waals surface area contributed by atoms with Gasteiger partial charge in [0.1, 0.15) is 9.58 Å². The van der Waals surface area contributed by atoms with Gasteiger partial charge in [0.2, 0.25) is 5.95 Å². The summed E-state index contributed by atoms with van der Waals surface area (Å²) >= 11 is 0.919. The molecule has 2 aromatic heterocycles. The number of anilines is 1. The van der Waals surface area contributed by atoms with Gasteiger partial charge in [-0.05, 0) is 30.5 Å². The average molecular weight is 446 g/mol. The lowest BCUT2D eigenvalue weighted by Gasteiger charge is -2.33. The summed E-state index contributed by atoms with van der Waals surface area (Å²) in [4.78, 5) is 31.4. The van der Waals surface area contributed by atoms with Crippen molar-refractivity contribution in [2.45, 2.75) is 25.4 Å². The molecule has 0 spiro atoms. The highest BCUT2D eigenvalue weighted by Crippen LogP contribution is 2.26. The predicted molar refractivity (Wildman–Crippen MR) is 118 cm³/mol. The van der Waals surface area contributed by atoms with Gasteiger partial charge in [0.25, 0.3) is 5.56 Å². The highest BCUT2D eigenvalue weighted by Gasteiger charge is 2.24. The molecule has 1 aliphatic heterocycles. The second-order valence-electron chi connectivity index (χ2n) is 7.05. The fraction of sp³-hybridized carbons (Fsp3) is 0.300. The van der Waals surface area contributed by atoms with Crippen LogP contribution in [0.4, 0.5) is 5.95 Å². The first-order valence-electron chi connectivity index (χ1n) is 9.24. The Morgan fingerprint density at radius 1 is 1.40 bits per heavy atom. The Morgan fingerprint density at radius 3 is 2.87 bits per heavy atom. The third kappa shape index (κ3) is 4.03. The summed E-state index contributed by atoms with van der Waals surface area (Å²) in [5.74, 6) is -0.629. The Morgan fingerprint density at radius 2 is 2.17 bits per heavy atom. The van der Waals surface area contributed by atoms with Gasteiger partial charge in [-0.15, -0.1) is 23.7 Å². The van der Waals surface area contributed by atoms with E-state index in [9.17, 15) is 20.0 Å². The van der Waals surface area contributed by atoms with Gasteiger partial charge in [0.15, 0.2) is 0 Å². The zero-order valence-electron chi connectivity index (χ0n) is 15.9. The molecule has 1 saturated heterocycles. The molecular weight excluding hydrogens is 426 g/mol. The lowest BCUT2D eigenvalue weighted by Crippen LogP contribution is -2.45. The lowest BCUT2D eigenvalue weighted by atomic mass is 10.1. The van der Waals surface area contributed by atoms with Gasteiger partial charge in [-0.1, -0.05) is 18.2 Å². The van der Waals surface area contributed by atoms with Crippen LogP contribution in [0.2, 0.25) is 0 Å². The quantitative estimate of drug-likeness (QED) is 0.631. The number of fused-ring (bicyclic) bond motifs is 1. The number of nitrogens with zero attached hydrogens (tertiary/aromatic N) is 4. The number of rotatable bonds is 4. The van der Waals surface area contributed by atoms with Crippen LogP contribution in [0, 0.1) is 11.3 Å². The largest absolute Gasteiger partial charge is 0.477 e. The van der Waals surface area contributed by atoms with Crippen molar-refractivity contribution >= 4 is 45.9 Å². The molecule has 0 saturated carbocycles. The topological polar surface area (TPSA) is 125 Å². The first kappa shape index (κ1) is 21.8. The maximum Gasteiger partial charge on any atom is 0.345 e. The maximum atomic E-state index is 13.3. The number of thiophene rings is 1. The molecule has 1 fully saturated rings. The van der Waals surface area contributed by atoms with Gasteiger partial charge in [-0.3, -0.25) is 9.36 Å². The zero-order chi connectivity index (χ0) is 20.5. The molecule has 0 bridgehead atoms. The third-order valence-corrected chi connectivity index (χ3v) is 6.13. The first-order valence-corrected chi connectivity index (χ1v) is 10.1. The number of carboxylic acids is 1. The van der Waals surface area contributed by atoms with Gasteiger partial charge >= 0.3 is 5.97 Å². The summed E-state index contributed by atoms with van der Waals surface area (Å²) in [6.45, 7) is 1.45. The van der Waals surface area contributed by atoms with E-state index in [1.807, 2.05) is 11.0 Å². The number of carbonyl (C=O) groups is 1. The Labute approximate surface area is 182 Å². The summed E-state index contributed by atoms with van der Waals surface area (Å²) in [6.07, 6.45) is 1.79. The number of hydrogen-bond acceptors (Lipinski definition) is 7. The molecule has 30 heavy (non-hydrogen) atoms. The molecule has 8 nitrogen and oxygen atoms in total. The number of benzene rings is 1. The van der Waals surface area contributed by atoms with Crippen LogP contribution in [0.3, 0.4) is 0 Å². The third-order valence-electron chi connectivity index (χ3n) is 5.03. The Bertz CT molecular complexity index is 1200. The minimum Gasteiger partial charge on any atom is -0.477 e. The van der Waals surface area contributed by atoms with Crippen molar-refractivity contribution in [1.29, 1.82) is 5.26 Å². The highest BCUT2D eigenvalue weighted by molar-refractivity contribution is 7.20. The minimum absolute atomic E-state index is 0. The molecule has 0 radical (unpaired) electrons. The van der Waals surface area contributed by atoms with E-state index in [0.717, 1.165) is 24.2 Å². The van der Waals surface area contributed by atoms with Crippen molar-refractivity contribution in [3.8, 4) is 6.07 Å². The fourth-order valence-corrected chi connectivity index (χ4v) is 4.50. The number of aromatic nitrogens is 2. The molecule has 1 aromatic carbocycles. The van der Waals surface area contributed by atoms with E-state index < -0.39 is 5.97 Å². The van der Waals surface area contributed by atoms with Crippen molar-refractivity contribution in [3.05, 3.63) is 56.7 Å². The summed E-state index contributed by atoms with van der Waals surface area (Å²) in [5.41, 5.74) is 7.38. The van der Waals surface area contributed by atoms with Crippen LogP contribution in [0.1, 0.15) is 33.6 Å². The molecule has 1 aliphatic rings. The van der Waals surface area contributed by atoms with E-state index >= 15 is 0 Å². The highest BCUT2D eigenvalue weighted by atomic mass is 35.5. The Balaban J connectivity index is 0.00000256. The van der Waals surface area contributed by atoms with E-state index in [1.165, 1.54) is 10.6 Å². The summed E-state index contributed by atoms with van der Waals surface area (Å²) < 4.78 is 1.82. The van der Waals surface area contributed by atoms with Crippen molar-refractivity contribution < 1.29 is 9.90 Å². The van der Waals surface area contributed by atoms with E-state index in [-0.39, 0.29) is 35.4 Å². The number of nitriles is 1. The zero-order valence-corrected chi connectivity index (χ0v) is 17.6. The molecule has 3 heterocycles. The normalized spacial score (nSPS) is 16.1. The molecule has 3 N–H and O–H groups in total. The summed E-state index contributed by atoms with van der Waals surface area (Å²) in [6, 6.07) is 10.7. The monoisotopic (exact) mass is 445 g/mol. The van der Waals surface area contributed by atoms with Crippen LogP contribution in [0.25, 0.3) is 10.2 Å². The van der Waals surface area contributed by atoms with Crippen LogP contribution < -0.4 is 16.2 Å². The molecule has 1 atom stereocenters. The molecular formula is C20H20ClN5O3S. The van der Waals surface area contributed by atoms with Crippen LogP contribution in [-0.2, 0) is 6.54 Å². The van der Waals surface area contributed by atoms with Gasteiger partial charge in [0, 0.05) is 19.1 Å². The number of piperidine rings is 1. The van der Waals surface area contributed by atoms with E-state index in [1.54, 1.807) is 18.2 Å². The number of halogens is 1. The molecule has 1 unspecified atom stereocenters. The second-order valence-corrected chi connectivity index (χ2v) is 8.10. The van der Waals surface area contributed by atoms with Crippen molar-refractivity contribution in [2.75, 3.05) is 18.0 Å². The molecule has 0 aliphatic carbocycles. The number of carboxylic acid groups (broad SMARTS) is 1. The first-order chi connectivity index (χ1) is 14.0. The Hall–Kier alpha value is -2.93. The van der Waals surface area contributed by atoms with Crippen LogP contribution in [0.5, 0.6) is 0 Å². The van der Waals surface area contributed by atoms with E-state index in [0.29, 0.717) is 40.4 Å². The maximum absolute atomic E-state index is 13.3. The standard InChI is InChI=1S/C20H19N5O3S.ClH/c21-9-12-4-1-2-5-13(12)10-25-18(26)17-15(8-16(29-17)19(27)28)23-20(25)24-7-3-6-14(22)11-24;/h1-2,4-5,8,14H,3,6-7,10-11,22H2,(H,27,28);1H. The number of hydrogen-bond donors (Lipinski definition) is 2.